The van der Waals surface area contributed by atoms with Gasteiger partial charge in [0, 0.05) is 44.5 Å². The monoisotopic (exact) mass is 382 g/mol. The van der Waals surface area contributed by atoms with Gasteiger partial charge < -0.3 is 10.2 Å². The molecule has 1 fully saturated rings. The minimum absolute atomic E-state index is 0.0216. The molecule has 5 nitrogen and oxygen atoms in total. The zero-order valence-electron chi connectivity index (χ0n) is 15.2. The summed E-state index contributed by atoms with van der Waals surface area (Å²) in [6.07, 6.45) is 3.83. The third-order valence-electron chi connectivity index (χ3n) is 4.85. The van der Waals surface area contributed by atoms with Crippen molar-refractivity contribution in [2.45, 2.75) is 25.6 Å². The molecular weight excluding hydrogens is 362 g/mol. The number of carbonyl (C=O) groups excluding carboxylic acids is 1. The molecule has 1 aliphatic heterocycles. The molecule has 1 N–H and O–H groups in total. The Morgan fingerprint density at radius 2 is 1.96 bits per heavy atom. The van der Waals surface area contributed by atoms with Crippen LogP contribution in [0.4, 0.5) is 8.78 Å². The first kappa shape index (κ1) is 18.3. The molecule has 1 amide bonds. The van der Waals surface area contributed by atoms with Gasteiger partial charge in [0.2, 0.25) is 5.91 Å². The maximum Gasteiger partial charge on any atom is 0.224 e. The summed E-state index contributed by atoms with van der Waals surface area (Å²) < 4.78 is 28.8. The van der Waals surface area contributed by atoms with Crippen LogP contribution in [-0.4, -0.2) is 33.2 Å². The van der Waals surface area contributed by atoms with Crippen molar-refractivity contribution in [3.05, 3.63) is 83.7 Å². The number of nitrogens with zero attached hydrogens (tertiary/aromatic N) is 3. The van der Waals surface area contributed by atoms with E-state index in [4.69, 9.17) is 0 Å². The Kier molecular flexibility index (Phi) is 5.16. The molecule has 28 heavy (non-hydrogen) atoms. The van der Waals surface area contributed by atoms with Crippen LogP contribution in [0, 0.1) is 11.6 Å². The van der Waals surface area contributed by atoms with E-state index in [9.17, 15) is 13.6 Å². The molecule has 1 aromatic heterocycles. The van der Waals surface area contributed by atoms with Crippen LogP contribution >= 0.6 is 0 Å². The number of benzene rings is 2. The second-order valence-corrected chi connectivity index (χ2v) is 6.91. The Balaban J connectivity index is 1.41. The molecule has 4 rings (SSSR count). The topological polar surface area (TPSA) is 50.2 Å². The first-order chi connectivity index (χ1) is 13.6. The smallest absolute Gasteiger partial charge is 0.224 e. The molecule has 0 radical (unpaired) electrons. The van der Waals surface area contributed by atoms with Gasteiger partial charge in [-0.3, -0.25) is 4.79 Å². The Morgan fingerprint density at radius 3 is 2.75 bits per heavy atom. The second-order valence-electron chi connectivity index (χ2n) is 6.91. The van der Waals surface area contributed by atoms with Crippen molar-refractivity contribution in [3.8, 4) is 5.69 Å². The number of hydrogen-bond acceptors (Lipinski definition) is 3. The lowest BCUT2D eigenvalue weighted by molar-refractivity contribution is -0.128. The Labute approximate surface area is 161 Å². The molecule has 0 aliphatic carbocycles. The largest absolute Gasteiger partial charge is 0.337 e. The Morgan fingerprint density at radius 1 is 1.11 bits per heavy atom. The van der Waals surface area contributed by atoms with E-state index in [1.165, 1.54) is 24.3 Å². The highest BCUT2D eigenvalue weighted by Gasteiger charge is 2.29. The maximum absolute atomic E-state index is 13.7. The summed E-state index contributed by atoms with van der Waals surface area (Å²) in [5.74, 6) is -0.604. The van der Waals surface area contributed by atoms with E-state index < -0.39 is 0 Å². The van der Waals surface area contributed by atoms with Crippen LogP contribution in [0.15, 0.2) is 60.9 Å². The standard InChI is InChI=1S/C21H20F2N4O/c22-17-4-1-3-15(9-17)13-26-14-19(11-21(26)28)24-12-16-10-18(23)5-6-20(16)27-8-2-7-25-27/h1-10,19,24H,11-14H2. The average molecular weight is 382 g/mol. The predicted octanol–water partition coefficient (Wildman–Crippen LogP) is 3.04. The second kappa shape index (κ2) is 7.90. The van der Waals surface area contributed by atoms with Gasteiger partial charge in [-0.2, -0.15) is 5.10 Å². The first-order valence-corrected chi connectivity index (χ1v) is 9.12. The molecule has 2 aromatic carbocycles. The molecule has 0 saturated carbocycles. The van der Waals surface area contributed by atoms with Crippen molar-refractivity contribution in [2.24, 2.45) is 0 Å². The van der Waals surface area contributed by atoms with E-state index in [1.54, 1.807) is 46.2 Å². The van der Waals surface area contributed by atoms with Crippen molar-refractivity contribution in [1.29, 1.82) is 0 Å². The van der Waals surface area contributed by atoms with Crippen LogP contribution < -0.4 is 5.32 Å². The lowest BCUT2D eigenvalue weighted by atomic mass is 10.1. The van der Waals surface area contributed by atoms with Crippen LogP contribution in [0.1, 0.15) is 17.5 Å². The third kappa shape index (κ3) is 4.09. The summed E-state index contributed by atoms with van der Waals surface area (Å²) in [6.45, 7) is 1.33. The molecule has 0 spiro atoms. The van der Waals surface area contributed by atoms with Crippen LogP contribution in [0.5, 0.6) is 0 Å². The Bertz CT molecular complexity index is 974. The molecule has 7 heteroatoms. The van der Waals surface area contributed by atoms with Crippen LogP contribution in [0.25, 0.3) is 5.69 Å². The van der Waals surface area contributed by atoms with Gasteiger partial charge in [0.25, 0.3) is 0 Å². The minimum Gasteiger partial charge on any atom is -0.337 e. The Hall–Kier alpha value is -3.06. The predicted molar refractivity (Wildman–Crippen MR) is 101 cm³/mol. The van der Waals surface area contributed by atoms with Gasteiger partial charge >= 0.3 is 0 Å². The van der Waals surface area contributed by atoms with Gasteiger partial charge in [0.15, 0.2) is 0 Å². The SMILES string of the molecule is O=C1CC(NCc2cc(F)ccc2-n2cccn2)CN1Cc1cccc(F)c1. The molecule has 1 saturated heterocycles. The van der Waals surface area contributed by atoms with Crippen molar-refractivity contribution in [3.63, 3.8) is 0 Å². The van der Waals surface area contributed by atoms with Crippen LogP contribution in [-0.2, 0) is 17.9 Å². The lowest BCUT2D eigenvalue weighted by Gasteiger charge is -2.18. The number of halogens is 2. The zero-order chi connectivity index (χ0) is 19.5. The van der Waals surface area contributed by atoms with E-state index >= 15 is 0 Å². The molecule has 144 valence electrons. The molecule has 1 atom stereocenters. The first-order valence-electron chi connectivity index (χ1n) is 9.12. The molecule has 1 aliphatic rings. The summed E-state index contributed by atoms with van der Waals surface area (Å²) in [6, 6.07) is 12.6. The summed E-state index contributed by atoms with van der Waals surface area (Å²) in [7, 11) is 0. The molecular formula is C21H20F2N4O. The van der Waals surface area contributed by atoms with E-state index in [2.05, 4.69) is 10.4 Å². The molecule has 3 aromatic rings. The van der Waals surface area contributed by atoms with Crippen molar-refractivity contribution in [1.82, 2.24) is 20.0 Å². The number of hydrogen-bond donors (Lipinski definition) is 1. The van der Waals surface area contributed by atoms with Crippen molar-refractivity contribution in [2.75, 3.05) is 6.54 Å². The highest BCUT2D eigenvalue weighted by Crippen LogP contribution is 2.19. The maximum atomic E-state index is 13.7. The number of carbonyl (C=O) groups is 1. The fourth-order valence-electron chi connectivity index (χ4n) is 3.50. The number of likely N-dealkylation sites (tertiary alicyclic amines) is 1. The summed E-state index contributed by atoms with van der Waals surface area (Å²) >= 11 is 0. The lowest BCUT2D eigenvalue weighted by Crippen LogP contribution is -2.32. The number of nitrogens with one attached hydrogen (secondary N) is 1. The van der Waals surface area contributed by atoms with E-state index in [1.807, 2.05) is 0 Å². The van der Waals surface area contributed by atoms with E-state index in [0.717, 1.165) is 16.8 Å². The number of rotatable bonds is 6. The van der Waals surface area contributed by atoms with Gasteiger partial charge in [-0.05, 0) is 47.5 Å². The normalized spacial score (nSPS) is 16.7. The molecule has 2 heterocycles. The van der Waals surface area contributed by atoms with Crippen LogP contribution in [0.3, 0.4) is 0 Å². The molecule has 0 bridgehead atoms. The van der Waals surface area contributed by atoms with E-state index in [0.29, 0.717) is 26.1 Å². The van der Waals surface area contributed by atoms with E-state index in [-0.39, 0.29) is 23.6 Å². The van der Waals surface area contributed by atoms with Crippen LogP contribution in [0.2, 0.25) is 0 Å². The van der Waals surface area contributed by atoms with Gasteiger partial charge in [0.1, 0.15) is 11.6 Å². The summed E-state index contributed by atoms with van der Waals surface area (Å²) in [5.41, 5.74) is 2.32. The molecule has 1 unspecified atom stereocenters. The van der Waals surface area contributed by atoms with Gasteiger partial charge in [-0.25, -0.2) is 13.5 Å². The average Bonchev–Trinajstić information content (AvgIpc) is 3.31. The van der Waals surface area contributed by atoms with Gasteiger partial charge in [0.05, 0.1) is 5.69 Å². The zero-order valence-corrected chi connectivity index (χ0v) is 15.2. The highest BCUT2D eigenvalue weighted by atomic mass is 19.1. The van der Waals surface area contributed by atoms with Crippen molar-refractivity contribution >= 4 is 5.91 Å². The summed E-state index contributed by atoms with van der Waals surface area (Å²) in [4.78, 5) is 14.0. The fourth-order valence-corrected chi connectivity index (χ4v) is 3.50. The summed E-state index contributed by atoms with van der Waals surface area (Å²) in [5, 5.41) is 7.55. The van der Waals surface area contributed by atoms with Crippen molar-refractivity contribution < 1.29 is 13.6 Å². The number of aromatic nitrogens is 2. The highest BCUT2D eigenvalue weighted by molar-refractivity contribution is 5.79. The number of amides is 1. The minimum atomic E-state index is -0.317. The van der Waals surface area contributed by atoms with Gasteiger partial charge in [-0.1, -0.05) is 12.1 Å². The quantitative estimate of drug-likeness (QED) is 0.713. The van der Waals surface area contributed by atoms with Gasteiger partial charge in [-0.15, -0.1) is 0 Å². The third-order valence-corrected chi connectivity index (χ3v) is 4.85. The fraction of sp³-hybridized carbons (Fsp3) is 0.238.